The maximum Gasteiger partial charge on any atom is 0.241 e. The molecule has 0 radical (unpaired) electrons. The molecular formula is C12H20N4O. The number of likely N-dealkylation sites (N-methyl/N-ethyl adjacent to an activating group) is 1. The number of amides is 1. The molecule has 3 N–H and O–H groups in total. The van der Waals surface area contributed by atoms with E-state index in [1.165, 1.54) is 0 Å². The summed E-state index contributed by atoms with van der Waals surface area (Å²) in [5, 5.41) is 2.98. The highest BCUT2D eigenvalue weighted by Crippen LogP contribution is 2.18. The van der Waals surface area contributed by atoms with E-state index in [9.17, 15) is 4.79 Å². The number of nitrogens with two attached hydrogens (primary N) is 1. The number of carbonyl (C=O) groups is 1. The molecule has 1 aromatic heterocycles. The van der Waals surface area contributed by atoms with Crippen LogP contribution < -0.4 is 11.1 Å². The van der Waals surface area contributed by atoms with Crippen LogP contribution in [-0.2, 0) is 4.79 Å². The summed E-state index contributed by atoms with van der Waals surface area (Å²) in [5.74, 6) is 0.628. The zero-order valence-corrected chi connectivity index (χ0v) is 10.7. The van der Waals surface area contributed by atoms with E-state index < -0.39 is 0 Å². The third-order valence-electron chi connectivity index (χ3n) is 2.73. The highest BCUT2D eigenvalue weighted by Gasteiger charge is 2.10. The van der Waals surface area contributed by atoms with Gasteiger partial charge in [0.15, 0.2) is 0 Å². The van der Waals surface area contributed by atoms with E-state index >= 15 is 0 Å². The summed E-state index contributed by atoms with van der Waals surface area (Å²) in [6.07, 6.45) is 1.68. The summed E-state index contributed by atoms with van der Waals surface area (Å²) in [5.41, 5.74) is 7.41. The molecule has 0 spiro atoms. The van der Waals surface area contributed by atoms with Gasteiger partial charge in [-0.15, -0.1) is 0 Å². The number of carbonyl (C=O) groups excluding carboxylic acids is 1. The van der Waals surface area contributed by atoms with Gasteiger partial charge in [0.25, 0.3) is 0 Å². The van der Waals surface area contributed by atoms with Crippen LogP contribution in [0.4, 0.5) is 11.5 Å². The van der Waals surface area contributed by atoms with Gasteiger partial charge in [-0.1, -0.05) is 0 Å². The van der Waals surface area contributed by atoms with Crippen LogP contribution in [0, 0.1) is 6.92 Å². The second-order valence-corrected chi connectivity index (χ2v) is 3.81. The van der Waals surface area contributed by atoms with Gasteiger partial charge in [0, 0.05) is 19.3 Å². The number of pyridine rings is 1. The predicted octanol–water partition coefficient (Wildman–Crippen LogP) is 1.25. The van der Waals surface area contributed by atoms with E-state index in [0.717, 1.165) is 5.56 Å². The monoisotopic (exact) mass is 236 g/mol. The molecule has 0 saturated heterocycles. The van der Waals surface area contributed by atoms with E-state index in [1.807, 2.05) is 26.8 Å². The Bertz CT molecular complexity index is 388. The van der Waals surface area contributed by atoms with Gasteiger partial charge in [-0.2, -0.15) is 0 Å². The second-order valence-electron chi connectivity index (χ2n) is 3.81. The van der Waals surface area contributed by atoms with Crippen molar-refractivity contribution in [3.05, 3.63) is 17.8 Å². The van der Waals surface area contributed by atoms with Gasteiger partial charge in [-0.05, 0) is 32.4 Å². The van der Waals surface area contributed by atoms with Gasteiger partial charge in [0.1, 0.15) is 5.82 Å². The number of nitrogens with zero attached hydrogens (tertiary/aromatic N) is 2. The Morgan fingerprint density at radius 2 is 2.12 bits per heavy atom. The number of hydrogen-bond acceptors (Lipinski definition) is 4. The molecule has 0 bridgehead atoms. The first-order valence-corrected chi connectivity index (χ1v) is 5.82. The van der Waals surface area contributed by atoms with Crippen molar-refractivity contribution in [2.24, 2.45) is 0 Å². The van der Waals surface area contributed by atoms with Gasteiger partial charge in [0.2, 0.25) is 5.91 Å². The standard InChI is InChI=1S/C12H20N4O/c1-4-16(5-2)10(17)8-15-12-11(13)9(3)6-7-14-12/h6-7H,4-5,8,13H2,1-3H3,(H,14,15). The second kappa shape index (κ2) is 6.08. The molecule has 0 atom stereocenters. The molecule has 1 rings (SSSR count). The summed E-state index contributed by atoms with van der Waals surface area (Å²) < 4.78 is 0. The van der Waals surface area contributed by atoms with E-state index in [-0.39, 0.29) is 12.5 Å². The van der Waals surface area contributed by atoms with Crippen LogP contribution in [0.1, 0.15) is 19.4 Å². The fraction of sp³-hybridized carbons (Fsp3) is 0.500. The highest BCUT2D eigenvalue weighted by molar-refractivity contribution is 5.81. The summed E-state index contributed by atoms with van der Waals surface area (Å²) in [6, 6.07) is 1.84. The minimum atomic E-state index is 0.0534. The Morgan fingerprint density at radius 1 is 1.47 bits per heavy atom. The van der Waals surface area contributed by atoms with Gasteiger partial charge in [-0.25, -0.2) is 4.98 Å². The van der Waals surface area contributed by atoms with E-state index in [0.29, 0.717) is 24.6 Å². The lowest BCUT2D eigenvalue weighted by Gasteiger charge is -2.19. The summed E-state index contributed by atoms with van der Waals surface area (Å²) in [7, 11) is 0. The Labute approximate surface area is 102 Å². The van der Waals surface area contributed by atoms with E-state index in [2.05, 4.69) is 10.3 Å². The van der Waals surface area contributed by atoms with Crippen molar-refractivity contribution in [3.8, 4) is 0 Å². The lowest BCUT2D eigenvalue weighted by Crippen LogP contribution is -2.35. The van der Waals surface area contributed by atoms with Crippen LogP contribution in [0.5, 0.6) is 0 Å². The van der Waals surface area contributed by atoms with Crippen LogP contribution in [-0.4, -0.2) is 35.4 Å². The molecule has 94 valence electrons. The molecule has 0 aliphatic rings. The third-order valence-corrected chi connectivity index (χ3v) is 2.73. The molecular weight excluding hydrogens is 216 g/mol. The molecule has 0 saturated carbocycles. The van der Waals surface area contributed by atoms with Gasteiger partial charge in [-0.3, -0.25) is 4.79 Å². The van der Waals surface area contributed by atoms with Crippen molar-refractivity contribution < 1.29 is 4.79 Å². The first-order chi connectivity index (χ1) is 8.10. The maximum absolute atomic E-state index is 11.8. The molecule has 0 aliphatic heterocycles. The van der Waals surface area contributed by atoms with Gasteiger partial charge < -0.3 is 16.0 Å². The van der Waals surface area contributed by atoms with Crippen LogP contribution in [0.25, 0.3) is 0 Å². The van der Waals surface area contributed by atoms with Gasteiger partial charge >= 0.3 is 0 Å². The zero-order chi connectivity index (χ0) is 12.8. The highest BCUT2D eigenvalue weighted by atomic mass is 16.2. The molecule has 17 heavy (non-hydrogen) atoms. The minimum Gasteiger partial charge on any atom is -0.396 e. The van der Waals surface area contributed by atoms with Crippen LogP contribution in [0.3, 0.4) is 0 Å². The fourth-order valence-electron chi connectivity index (χ4n) is 1.56. The van der Waals surface area contributed by atoms with Crippen molar-refractivity contribution in [1.82, 2.24) is 9.88 Å². The van der Waals surface area contributed by atoms with Crippen LogP contribution in [0.15, 0.2) is 12.3 Å². The molecule has 1 amide bonds. The quantitative estimate of drug-likeness (QED) is 0.807. The summed E-state index contributed by atoms with van der Waals surface area (Å²) in [4.78, 5) is 17.6. The topological polar surface area (TPSA) is 71.2 Å². The molecule has 0 fully saturated rings. The van der Waals surface area contributed by atoms with Crippen LogP contribution >= 0.6 is 0 Å². The van der Waals surface area contributed by atoms with Crippen molar-refractivity contribution in [2.45, 2.75) is 20.8 Å². The average molecular weight is 236 g/mol. The van der Waals surface area contributed by atoms with Crippen molar-refractivity contribution in [3.63, 3.8) is 0 Å². The van der Waals surface area contributed by atoms with Gasteiger partial charge in [0.05, 0.1) is 12.2 Å². The Kier molecular flexibility index (Phi) is 4.75. The molecule has 0 aromatic carbocycles. The molecule has 0 unspecified atom stereocenters. The Balaban J connectivity index is 2.61. The number of aryl methyl sites for hydroxylation is 1. The number of hydrogen-bond donors (Lipinski definition) is 2. The molecule has 0 aliphatic carbocycles. The summed E-state index contributed by atoms with van der Waals surface area (Å²) in [6.45, 7) is 7.49. The number of aromatic nitrogens is 1. The third kappa shape index (κ3) is 3.34. The summed E-state index contributed by atoms with van der Waals surface area (Å²) >= 11 is 0. The molecule has 5 heteroatoms. The van der Waals surface area contributed by atoms with Crippen molar-refractivity contribution in [2.75, 3.05) is 30.7 Å². The Hall–Kier alpha value is -1.78. The normalized spacial score (nSPS) is 10.1. The largest absolute Gasteiger partial charge is 0.396 e. The molecule has 1 heterocycles. The SMILES string of the molecule is CCN(CC)C(=O)CNc1nccc(C)c1N. The van der Waals surface area contributed by atoms with Crippen LogP contribution in [0.2, 0.25) is 0 Å². The zero-order valence-electron chi connectivity index (χ0n) is 10.7. The number of nitrogens with one attached hydrogen (secondary N) is 1. The molecule has 1 aromatic rings. The average Bonchev–Trinajstić information content (AvgIpc) is 2.32. The van der Waals surface area contributed by atoms with Crippen molar-refractivity contribution in [1.29, 1.82) is 0 Å². The Morgan fingerprint density at radius 3 is 2.71 bits per heavy atom. The van der Waals surface area contributed by atoms with E-state index in [1.54, 1.807) is 11.1 Å². The molecule has 5 nitrogen and oxygen atoms in total. The van der Waals surface area contributed by atoms with E-state index in [4.69, 9.17) is 5.73 Å². The lowest BCUT2D eigenvalue weighted by atomic mass is 10.2. The number of anilines is 2. The number of rotatable bonds is 5. The number of nitrogen functional groups attached to an aromatic ring is 1. The lowest BCUT2D eigenvalue weighted by molar-refractivity contribution is -0.128. The smallest absolute Gasteiger partial charge is 0.241 e. The maximum atomic E-state index is 11.8. The van der Waals surface area contributed by atoms with Crippen molar-refractivity contribution >= 4 is 17.4 Å². The fourth-order valence-corrected chi connectivity index (χ4v) is 1.56. The minimum absolute atomic E-state index is 0.0534. The predicted molar refractivity (Wildman–Crippen MR) is 69.8 cm³/mol. The first-order valence-electron chi connectivity index (χ1n) is 5.82. The first kappa shape index (κ1) is 13.3.